The second kappa shape index (κ2) is 30.0. The fraction of sp³-hybridized carbons (Fsp3) is 0.762. The molecule has 0 N–H and O–H groups in total. The van der Waals surface area contributed by atoms with Crippen LogP contribution in [0.15, 0.2) is 48.6 Å². The quantitative estimate of drug-likeness (QED) is 0.0334. The molecule has 0 aromatic rings. The highest BCUT2D eigenvalue weighted by atomic mass is 16.6. The molecule has 5 heteroatoms. The van der Waals surface area contributed by atoms with Gasteiger partial charge in [-0.05, 0) is 77.0 Å². The lowest BCUT2D eigenvalue weighted by molar-refractivity contribution is -0.880. The zero-order valence-corrected chi connectivity index (χ0v) is 31.2. The Morgan fingerprint density at radius 2 is 0.809 bits per heavy atom. The number of allylic oxidation sites excluding steroid dienone is 8. The second-order valence-electron chi connectivity index (χ2n) is 14.3. The molecule has 5 nitrogen and oxygen atoms in total. The predicted octanol–water partition coefficient (Wildman–Crippen LogP) is 11.5. The number of ether oxygens (including phenoxy) is 2. The molecule has 1 aliphatic heterocycles. The standard InChI is InChI=1S/C42H74NO4/c1-5-7-9-11-13-15-17-19-21-23-25-27-29-31-33-35-41(44)46-39-37-43(3,4)38-40(39)47-42(45)36-34-32-30-28-26-24-22-20-18-16-14-12-10-8-6-2/h13-16,19-22,39-40H,5-12,17-18,23-38H2,1-4H3/q+1/t39-,40-/m1/s1. The molecule has 270 valence electrons. The lowest BCUT2D eigenvalue weighted by Gasteiger charge is -2.22. The third-order valence-electron chi connectivity index (χ3n) is 8.99. The smallest absolute Gasteiger partial charge is 0.306 e. The van der Waals surface area contributed by atoms with Crippen LogP contribution in [0.5, 0.6) is 0 Å². The Bertz CT molecular complexity index is 817. The van der Waals surface area contributed by atoms with Crippen LogP contribution in [0.4, 0.5) is 0 Å². The number of hydrogen-bond donors (Lipinski definition) is 0. The van der Waals surface area contributed by atoms with Gasteiger partial charge >= 0.3 is 11.9 Å². The first-order valence-corrected chi connectivity index (χ1v) is 19.7. The highest BCUT2D eigenvalue weighted by Crippen LogP contribution is 2.23. The van der Waals surface area contributed by atoms with Crippen molar-refractivity contribution in [2.75, 3.05) is 27.2 Å². The first-order valence-electron chi connectivity index (χ1n) is 19.7. The van der Waals surface area contributed by atoms with Crippen molar-refractivity contribution in [3.8, 4) is 0 Å². The molecule has 0 spiro atoms. The summed E-state index contributed by atoms with van der Waals surface area (Å²) in [5.41, 5.74) is 0. The third-order valence-corrected chi connectivity index (χ3v) is 8.99. The molecule has 0 radical (unpaired) electrons. The van der Waals surface area contributed by atoms with Crippen molar-refractivity contribution in [3.05, 3.63) is 48.6 Å². The summed E-state index contributed by atoms with van der Waals surface area (Å²) in [6, 6.07) is 0. The number of likely N-dealkylation sites (N-methyl/N-ethyl adjacent to an activating group) is 1. The van der Waals surface area contributed by atoms with Gasteiger partial charge in [0.1, 0.15) is 13.1 Å². The number of esters is 2. The van der Waals surface area contributed by atoms with Crippen LogP contribution in [0.3, 0.4) is 0 Å². The molecule has 1 rings (SSSR count). The molecule has 0 amide bonds. The summed E-state index contributed by atoms with van der Waals surface area (Å²) in [5.74, 6) is -0.310. The first kappa shape index (κ1) is 42.9. The van der Waals surface area contributed by atoms with Crippen LogP contribution in [0, 0.1) is 0 Å². The van der Waals surface area contributed by atoms with Gasteiger partial charge in [0.2, 0.25) is 0 Å². The first-order chi connectivity index (χ1) is 22.9. The van der Waals surface area contributed by atoms with Crippen molar-refractivity contribution >= 4 is 11.9 Å². The van der Waals surface area contributed by atoms with Crippen molar-refractivity contribution in [2.45, 2.75) is 180 Å². The van der Waals surface area contributed by atoms with E-state index in [2.05, 4.69) is 76.6 Å². The van der Waals surface area contributed by atoms with Gasteiger partial charge in [0.15, 0.2) is 12.2 Å². The average Bonchev–Trinajstić information content (AvgIpc) is 3.32. The summed E-state index contributed by atoms with van der Waals surface area (Å²) in [7, 11) is 4.21. The average molecular weight is 657 g/mol. The highest BCUT2D eigenvalue weighted by molar-refractivity contribution is 5.70. The van der Waals surface area contributed by atoms with Crippen LogP contribution in [0.2, 0.25) is 0 Å². The highest BCUT2D eigenvalue weighted by Gasteiger charge is 2.45. The number of carbonyl (C=O) groups excluding carboxylic acids is 2. The molecule has 1 heterocycles. The van der Waals surface area contributed by atoms with E-state index in [1.54, 1.807) is 0 Å². The number of hydrogen-bond acceptors (Lipinski definition) is 4. The van der Waals surface area contributed by atoms with Gasteiger partial charge in [-0.3, -0.25) is 9.59 Å². The number of likely N-dealkylation sites (tertiary alicyclic amines) is 1. The SMILES string of the molecule is CCCCCC=CCC=CCCCCCCCC(=O)O[C@@H]1C[N+](C)(C)C[C@H]1OC(=O)CCCCCCCC=CCC=CCCCCC. The summed E-state index contributed by atoms with van der Waals surface area (Å²) in [6.45, 7) is 5.87. The topological polar surface area (TPSA) is 52.6 Å². The minimum absolute atomic E-state index is 0.155. The summed E-state index contributed by atoms with van der Waals surface area (Å²) < 4.78 is 12.4. The molecule has 47 heavy (non-hydrogen) atoms. The maximum Gasteiger partial charge on any atom is 0.306 e. The van der Waals surface area contributed by atoms with E-state index in [1.165, 1.54) is 77.0 Å². The van der Waals surface area contributed by atoms with E-state index in [4.69, 9.17) is 9.47 Å². The van der Waals surface area contributed by atoms with Crippen LogP contribution >= 0.6 is 0 Å². The zero-order valence-electron chi connectivity index (χ0n) is 31.2. The van der Waals surface area contributed by atoms with E-state index in [0.717, 1.165) is 64.2 Å². The Balaban J connectivity index is 2.10. The van der Waals surface area contributed by atoms with E-state index in [9.17, 15) is 9.59 Å². The number of unbranched alkanes of at least 4 members (excludes halogenated alkanes) is 16. The summed E-state index contributed by atoms with van der Waals surface area (Å²) in [5, 5.41) is 0. The van der Waals surface area contributed by atoms with Crippen LogP contribution in [0.25, 0.3) is 0 Å². The second-order valence-corrected chi connectivity index (χ2v) is 14.3. The molecule has 0 aromatic heterocycles. The minimum atomic E-state index is -0.343. The zero-order chi connectivity index (χ0) is 34.3. The van der Waals surface area contributed by atoms with E-state index >= 15 is 0 Å². The normalized spacial score (nSPS) is 18.0. The van der Waals surface area contributed by atoms with Crippen molar-refractivity contribution < 1.29 is 23.5 Å². The van der Waals surface area contributed by atoms with E-state index in [-0.39, 0.29) is 24.1 Å². The van der Waals surface area contributed by atoms with Crippen LogP contribution in [-0.2, 0) is 19.1 Å². The molecule has 0 unspecified atom stereocenters. The molecule has 0 aliphatic carbocycles. The van der Waals surface area contributed by atoms with Crippen LogP contribution in [-0.4, -0.2) is 55.8 Å². The molecular weight excluding hydrogens is 582 g/mol. The molecule has 0 bridgehead atoms. The van der Waals surface area contributed by atoms with Crippen molar-refractivity contribution in [2.24, 2.45) is 0 Å². The minimum Gasteiger partial charge on any atom is -0.452 e. The largest absolute Gasteiger partial charge is 0.452 e. The molecule has 2 atom stereocenters. The monoisotopic (exact) mass is 657 g/mol. The molecular formula is C42H74NO4+. The Kier molecular flexibility index (Phi) is 27.3. The molecule has 0 aromatic carbocycles. The van der Waals surface area contributed by atoms with Crippen molar-refractivity contribution in [1.29, 1.82) is 0 Å². The summed E-state index contributed by atoms with van der Waals surface area (Å²) in [4.78, 5) is 25.2. The predicted molar refractivity (Wildman–Crippen MR) is 200 cm³/mol. The summed E-state index contributed by atoms with van der Waals surface area (Å²) >= 11 is 0. The van der Waals surface area contributed by atoms with Gasteiger partial charge in [-0.15, -0.1) is 0 Å². The maximum absolute atomic E-state index is 12.6. The van der Waals surface area contributed by atoms with Gasteiger partial charge in [0.25, 0.3) is 0 Å². The van der Waals surface area contributed by atoms with Gasteiger partial charge < -0.3 is 14.0 Å². The van der Waals surface area contributed by atoms with Gasteiger partial charge in [0, 0.05) is 12.8 Å². The molecule has 1 aliphatic rings. The van der Waals surface area contributed by atoms with E-state index in [0.29, 0.717) is 30.4 Å². The van der Waals surface area contributed by atoms with Gasteiger partial charge in [-0.2, -0.15) is 0 Å². The number of rotatable bonds is 30. The van der Waals surface area contributed by atoms with Crippen molar-refractivity contribution in [3.63, 3.8) is 0 Å². The van der Waals surface area contributed by atoms with Crippen molar-refractivity contribution in [1.82, 2.24) is 0 Å². The third kappa shape index (κ3) is 26.5. The van der Waals surface area contributed by atoms with Gasteiger partial charge in [-0.25, -0.2) is 0 Å². The summed E-state index contributed by atoms with van der Waals surface area (Å²) in [6.07, 6.45) is 44.1. The molecule has 1 saturated heterocycles. The number of nitrogens with zero attached hydrogens (tertiary/aromatic N) is 1. The van der Waals surface area contributed by atoms with Crippen LogP contribution < -0.4 is 0 Å². The fourth-order valence-electron chi connectivity index (χ4n) is 6.13. The lowest BCUT2D eigenvalue weighted by atomic mass is 10.1. The maximum atomic E-state index is 12.6. The Morgan fingerprint density at radius 1 is 0.489 bits per heavy atom. The number of quaternary nitrogens is 1. The van der Waals surface area contributed by atoms with Crippen LogP contribution in [0.1, 0.15) is 168 Å². The molecule has 1 fully saturated rings. The Morgan fingerprint density at radius 3 is 1.17 bits per heavy atom. The number of carbonyl (C=O) groups is 2. The molecule has 0 saturated carbocycles. The Hall–Kier alpha value is -2.14. The van der Waals surface area contributed by atoms with E-state index in [1.807, 2.05) is 0 Å². The Labute approximate surface area is 290 Å². The van der Waals surface area contributed by atoms with Gasteiger partial charge in [-0.1, -0.05) is 127 Å². The van der Waals surface area contributed by atoms with E-state index < -0.39 is 0 Å². The lowest BCUT2D eigenvalue weighted by Crippen LogP contribution is -2.38. The fourth-order valence-corrected chi connectivity index (χ4v) is 6.13. The van der Waals surface area contributed by atoms with Gasteiger partial charge in [0.05, 0.1) is 14.1 Å².